The van der Waals surface area contributed by atoms with Gasteiger partial charge in [-0.1, -0.05) is 17.7 Å². The molecule has 2 aromatic rings. The van der Waals surface area contributed by atoms with Crippen molar-refractivity contribution in [2.45, 2.75) is 0 Å². The summed E-state index contributed by atoms with van der Waals surface area (Å²) in [6.07, 6.45) is 1.38. The number of pyridine rings is 1. The number of aromatic hydroxyl groups is 1. The number of rotatable bonds is 4. The van der Waals surface area contributed by atoms with Crippen molar-refractivity contribution < 1.29 is 19.4 Å². The molecule has 0 saturated carbocycles. The summed E-state index contributed by atoms with van der Waals surface area (Å²) in [5, 5.41) is 12.2. The van der Waals surface area contributed by atoms with Crippen molar-refractivity contribution in [1.82, 2.24) is 4.98 Å². The van der Waals surface area contributed by atoms with Crippen molar-refractivity contribution in [1.29, 1.82) is 0 Å². The monoisotopic (exact) mass is 306 g/mol. The zero-order chi connectivity index (χ0) is 15.2. The van der Waals surface area contributed by atoms with Crippen LogP contribution in [0.5, 0.6) is 5.75 Å². The molecule has 0 fully saturated rings. The van der Waals surface area contributed by atoms with Gasteiger partial charge in [0.2, 0.25) is 0 Å². The molecule has 0 aliphatic carbocycles. The second kappa shape index (κ2) is 6.71. The van der Waals surface area contributed by atoms with Crippen LogP contribution in [0.25, 0.3) is 0 Å². The molecule has 0 aliphatic rings. The van der Waals surface area contributed by atoms with E-state index in [0.717, 1.165) is 0 Å². The zero-order valence-electron chi connectivity index (χ0n) is 10.7. The number of phenols is 1. The molecule has 0 aliphatic heterocycles. The average molecular weight is 307 g/mol. The van der Waals surface area contributed by atoms with Crippen LogP contribution in [0.4, 0.5) is 5.82 Å². The number of ether oxygens (including phenoxy) is 1. The molecule has 108 valence electrons. The molecule has 0 bridgehead atoms. The lowest BCUT2D eigenvalue weighted by molar-refractivity contribution is -0.119. The largest absolute Gasteiger partial charge is 0.508 e. The van der Waals surface area contributed by atoms with Crippen molar-refractivity contribution in [3.8, 4) is 5.75 Å². The Balaban J connectivity index is 1.86. The Morgan fingerprint density at radius 3 is 2.76 bits per heavy atom. The van der Waals surface area contributed by atoms with Crippen LogP contribution < -0.4 is 5.32 Å². The molecule has 7 heteroatoms. The van der Waals surface area contributed by atoms with Crippen molar-refractivity contribution in [3.63, 3.8) is 0 Å². The summed E-state index contributed by atoms with van der Waals surface area (Å²) in [4.78, 5) is 27.1. The molecule has 0 saturated heterocycles. The predicted molar refractivity (Wildman–Crippen MR) is 76.3 cm³/mol. The molecule has 21 heavy (non-hydrogen) atoms. The highest BCUT2D eigenvalue weighted by Crippen LogP contribution is 2.12. The lowest BCUT2D eigenvalue weighted by Gasteiger charge is -2.06. The standard InChI is InChI=1S/C14H11ClN2O4/c15-10-4-5-12(16-7-10)17-13(19)8-21-14(20)9-2-1-3-11(18)6-9/h1-7,18H,8H2,(H,16,17,19). The Hall–Kier alpha value is -2.60. The molecule has 0 unspecified atom stereocenters. The second-order valence-corrected chi connectivity index (χ2v) is 4.47. The van der Waals surface area contributed by atoms with Crippen LogP contribution in [0.15, 0.2) is 42.6 Å². The number of esters is 1. The molecule has 2 rings (SSSR count). The van der Waals surface area contributed by atoms with Crippen LogP contribution in [0.1, 0.15) is 10.4 Å². The van der Waals surface area contributed by atoms with Crippen molar-refractivity contribution in [2.75, 3.05) is 11.9 Å². The topological polar surface area (TPSA) is 88.5 Å². The molecule has 0 spiro atoms. The van der Waals surface area contributed by atoms with Crippen LogP contribution >= 0.6 is 11.6 Å². The molecule has 6 nitrogen and oxygen atoms in total. The van der Waals surface area contributed by atoms with Gasteiger partial charge < -0.3 is 15.2 Å². The van der Waals surface area contributed by atoms with Crippen LogP contribution in [-0.4, -0.2) is 28.6 Å². The van der Waals surface area contributed by atoms with E-state index in [1.165, 1.54) is 36.5 Å². The summed E-state index contributed by atoms with van der Waals surface area (Å²) in [5.41, 5.74) is 0.160. The Morgan fingerprint density at radius 2 is 2.10 bits per heavy atom. The number of carbonyl (C=O) groups excluding carboxylic acids is 2. The first-order valence-corrected chi connectivity index (χ1v) is 6.30. The van der Waals surface area contributed by atoms with Crippen LogP contribution in [0.2, 0.25) is 5.02 Å². The minimum Gasteiger partial charge on any atom is -0.508 e. The number of benzene rings is 1. The van der Waals surface area contributed by atoms with E-state index in [2.05, 4.69) is 10.3 Å². The van der Waals surface area contributed by atoms with Gasteiger partial charge in [-0.15, -0.1) is 0 Å². The van der Waals surface area contributed by atoms with Gasteiger partial charge in [0.1, 0.15) is 11.6 Å². The quantitative estimate of drug-likeness (QED) is 0.846. The van der Waals surface area contributed by atoms with E-state index in [1.54, 1.807) is 6.07 Å². The highest BCUT2D eigenvalue weighted by Gasteiger charge is 2.11. The fourth-order valence-corrected chi connectivity index (χ4v) is 1.59. The van der Waals surface area contributed by atoms with Gasteiger partial charge in [-0.3, -0.25) is 4.79 Å². The maximum atomic E-state index is 11.7. The molecule has 2 N–H and O–H groups in total. The summed E-state index contributed by atoms with van der Waals surface area (Å²) in [6.45, 7) is -0.460. The summed E-state index contributed by atoms with van der Waals surface area (Å²) in [5.74, 6) is -0.986. The Morgan fingerprint density at radius 1 is 1.29 bits per heavy atom. The third-order valence-corrected chi connectivity index (χ3v) is 2.63. The van der Waals surface area contributed by atoms with Gasteiger partial charge in [0.15, 0.2) is 6.61 Å². The number of halogens is 1. The van der Waals surface area contributed by atoms with Crippen LogP contribution in [0, 0.1) is 0 Å². The van der Waals surface area contributed by atoms with E-state index in [9.17, 15) is 14.7 Å². The molecule has 1 aromatic heterocycles. The van der Waals surface area contributed by atoms with Gasteiger partial charge in [-0.2, -0.15) is 0 Å². The van der Waals surface area contributed by atoms with Crippen molar-refractivity contribution >= 4 is 29.3 Å². The third kappa shape index (κ3) is 4.47. The summed E-state index contributed by atoms with van der Waals surface area (Å²) < 4.78 is 4.82. The number of nitrogens with one attached hydrogen (secondary N) is 1. The highest BCUT2D eigenvalue weighted by molar-refractivity contribution is 6.30. The second-order valence-electron chi connectivity index (χ2n) is 4.04. The van der Waals surface area contributed by atoms with E-state index >= 15 is 0 Å². The molecule has 0 atom stereocenters. The number of aromatic nitrogens is 1. The molecule has 1 amide bonds. The van der Waals surface area contributed by atoms with E-state index in [-0.39, 0.29) is 11.3 Å². The number of phenolic OH excluding ortho intramolecular Hbond substituents is 1. The van der Waals surface area contributed by atoms with Crippen LogP contribution in [-0.2, 0) is 9.53 Å². The number of nitrogens with zero attached hydrogens (tertiary/aromatic N) is 1. The van der Waals surface area contributed by atoms with Gasteiger partial charge in [0.25, 0.3) is 5.91 Å². The summed E-state index contributed by atoms with van der Waals surface area (Å²) >= 11 is 5.67. The lowest BCUT2D eigenvalue weighted by Crippen LogP contribution is -2.21. The number of hydrogen-bond donors (Lipinski definition) is 2. The first kappa shape index (κ1) is 14.8. The Kier molecular flexibility index (Phi) is 4.73. The molecular formula is C14H11ClN2O4. The molecule has 0 radical (unpaired) electrons. The zero-order valence-corrected chi connectivity index (χ0v) is 11.5. The van der Waals surface area contributed by atoms with Gasteiger partial charge in [0.05, 0.1) is 10.6 Å². The normalized spacial score (nSPS) is 9.95. The minimum atomic E-state index is -0.704. The minimum absolute atomic E-state index is 0.0562. The van der Waals surface area contributed by atoms with Gasteiger partial charge in [0, 0.05) is 6.20 Å². The Labute approximate surface area is 125 Å². The molecular weight excluding hydrogens is 296 g/mol. The average Bonchev–Trinajstić information content (AvgIpc) is 2.47. The number of carbonyl (C=O) groups is 2. The Bertz CT molecular complexity index is 658. The van der Waals surface area contributed by atoms with Gasteiger partial charge in [-0.05, 0) is 30.3 Å². The fourth-order valence-electron chi connectivity index (χ4n) is 1.48. The smallest absolute Gasteiger partial charge is 0.338 e. The van der Waals surface area contributed by atoms with E-state index in [0.29, 0.717) is 10.8 Å². The molecule has 1 aromatic carbocycles. The van der Waals surface area contributed by atoms with Gasteiger partial charge >= 0.3 is 5.97 Å². The number of hydrogen-bond acceptors (Lipinski definition) is 5. The maximum absolute atomic E-state index is 11.7. The lowest BCUT2D eigenvalue weighted by atomic mass is 10.2. The van der Waals surface area contributed by atoms with Crippen molar-refractivity contribution in [2.24, 2.45) is 0 Å². The summed E-state index contributed by atoms with van der Waals surface area (Å²) in [6, 6.07) is 8.75. The number of amides is 1. The van der Waals surface area contributed by atoms with E-state index in [4.69, 9.17) is 16.3 Å². The van der Waals surface area contributed by atoms with Crippen LogP contribution in [0.3, 0.4) is 0 Å². The maximum Gasteiger partial charge on any atom is 0.338 e. The highest BCUT2D eigenvalue weighted by atomic mass is 35.5. The first-order chi connectivity index (χ1) is 10.0. The molecule has 1 heterocycles. The predicted octanol–water partition coefficient (Wildman–Crippen LogP) is 2.24. The van der Waals surface area contributed by atoms with Crippen molar-refractivity contribution in [3.05, 3.63) is 53.2 Å². The fraction of sp³-hybridized carbons (Fsp3) is 0.0714. The first-order valence-electron chi connectivity index (χ1n) is 5.92. The number of anilines is 1. The van der Waals surface area contributed by atoms with E-state index < -0.39 is 18.5 Å². The van der Waals surface area contributed by atoms with E-state index in [1.807, 2.05) is 0 Å². The third-order valence-electron chi connectivity index (χ3n) is 2.41. The summed E-state index contributed by atoms with van der Waals surface area (Å²) in [7, 11) is 0. The van der Waals surface area contributed by atoms with Gasteiger partial charge in [-0.25, -0.2) is 9.78 Å². The SMILES string of the molecule is O=C(COC(=O)c1cccc(O)c1)Nc1ccc(Cl)cn1.